The third-order valence-corrected chi connectivity index (χ3v) is 6.51. The zero-order valence-electron chi connectivity index (χ0n) is 15.7. The van der Waals surface area contributed by atoms with Gasteiger partial charge in [-0.3, -0.25) is 4.79 Å². The Morgan fingerprint density at radius 1 is 1.00 bits per heavy atom. The Bertz CT molecular complexity index is 1050. The Balaban J connectivity index is 1.83. The lowest BCUT2D eigenvalue weighted by Crippen LogP contribution is -2.32. The summed E-state index contributed by atoms with van der Waals surface area (Å²) in [6.45, 7) is 0. The maximum atomic E-state index is 11.2. The van der Waals surface area contributed by atoms with E-state index in [9.17, 15) is 20.1 Å². The molecule has 8 heteroatoms. The Hall–Kier alpha value is -2.05. The number of rotatable bonds is 7. The number of carboxylic acid groups (broad SMARTS) is 1. The second-order valence-electron chi connectivity index (χ2n) is 6.72. The molecule has 0 fully saturated rings. The lowest BCUT2D eigenvalue weighted by Gasteiger charge is -2.17. The predicted octanol–water partition coefficient (Wildman–Crippen LogP) is 4.64. The number of hydrogen-bond acceptors (Lipinski definition) is 5. The van der Waals surface area contributed by atoms with Crippen molar-refractivity contribution in [1.82, 2.24) is 0 Å². The highest BCUT2D eigenvalue weighted by molar-refractivity contribution is 14.1. The summed E-state index contributed by atoms with van der Waals surface area (Å²) in [6.07, 6.45) is 0.697. The molecule has 0 aliphatic heterocycles. The monoisotopic (exact) mass is 631 g/mol. The van der Waals surface area contributed by atoms with E-state index in [2.05, 4.69) is 22.6 Å². The van der Waals surface area contributed by atoms with Crippen molar-refractivity contribution in [2.45, 2.75) is 18.9 Å². The van der Waals surface area contributed by atoms with Gasteiger partial charge in [0.05, 0.1) is 7.14 Å². The molecular weight excluding hydrogens is 612 g/mol. The van der Waals surface area contributed by atoms with Crippen LogP contribution in [0, 0.1) is 7.14 Å². The molecular formula is C22H19I2NO5. The SMILES string of the molecule is N[C@@H](Cc1cc(I)c(O)c(I)c1Cc1ccc(Oc2ccc(O)cc2)cc1)C(=O)O. The van der Waals surface area contributed by atoms with Crippen LogP contribution >= 0.6 is 45.2 Å². The van der Waals surface area contributed by atoms with Gasteiger partial charge in [-0.05, 0) is 117 Å². The first-order valence-electron chi connectivity index (χ1n) is 8.97. The molecule has 0 heterocycles. The molecule has 156 valence electrons. The van der Waals surface area contributed by atoms with E-state index in [1.54, 1.807) is 30.3 Å². The lowest BCUT2D eigenvalue weighted by atomic mass is 9.95. The molecule has 3 aromatic carbocycles. The second kappa shape index (κ2) is 9.84. The lowest BCUT2D eigenvalue weighted by molar-refractivity contribution is -0.138. The summed E-state index contributed by atoms with van der Waals surface area (Å²) in [4.78, 5) is 11.2. The number of carboxylic acids is 1. The van der Waals surface area contributed by atoms with Crippen molar-refractivity contribution in [3.63, 3.8) is 0 Å². The molecule has 5 N–H and O–H groups in total. The van der Waals surface area contributed by atoms with E-state index in [-0.39, 0.29) is 17.9 Å². The minimum absolute atomic E-state index is 0.173. The molecule has 6 nitrogen and oxygen atoms in total. The molecule has 0 spiro atoms. The number of aliphatic carboxylic acids is 1. The highest BCUT2D eigenvalue weighted by Gasteiger charge is 2.20. The van der Waals surface area contributed by atoms with Gasteiger partial charge in [-0.15, -0.1) is 0 Å². The number of phenolic OH excluding ortho intramolecular Hbond substituents is 2. The first-order valence-corrected chi connectivity index (χ1v) is 11.1. The van der Waals surface area contributed by atoms with Crippen LogP contribution in [0.15, 0.2) is 54.6 Å². The standard InChI is InChI=1S/C22H19I2NO5/c23-18-10-13(11-19(25)22(28)29)17(20(24)21(18)27)9-12-1-5-15(6-2-12)30-16-7-3-14(26)4-8-16/h1-8,10,19,26-27H,9,11,25H2,(H,28,29)/t19-/m0/s1. The van der Waals surface area contributed by atoms with Crippen LogP contribution in [0.2, 0.25) is 0 Å². The van der Waals surface area contributed by atoms with Gasteiger partial charge in [0.15, 0.2) is 0 Å². The third kappa shape index (κ3) is 5.55. The highest BCUT2D eigenvalue weighted by Crippen LogP contribution is 2.34. The van der Waals surface area contributed by atoms with Crippen LogP contribution in [0.4, 0.5) is 0 Å². The second-order valence-corrected chi connectivity index (χ2v) is 8.97. The summed E-state index contributed by atoms with van der Waals surface area (Å²) < 4.78 is 7.11. The molecule has 3 aromatic rings. The minimum Gasteiger partial charge on any atom is -0.508 e. The van der Waals surface area contributed by atoms with Gasteiger partial charge in [0, 0.05) is 0 Å². The molecule has 0 aliphatic carbocycles. The predicted molar refractivity (Wildman–Crippen MR) is 130 cm³/mol. The van der Waals surface area contributed by atoms with Crippen molar-refractivity contribution in [3.8, 4) is 23.0 Å². The molecule has 0 unspecified atom stereocenters. The average Bonchev–Trinajstić information content (AvgIpc) is 2.72. The van der Waals surface area contributed by atoms with Crippen molar-refractivity contribution in [1.29, 1.82) is 0 Å². The van der Waals surface area contributed by atoms with Gasteiger partial charge in [-0.25, -0.2) is 0 Å². The molecule has 1 atom stereocenters. The van der Waals surface area contributed by atoms with E-state index in [1.807, 2.05) is 46.9 Å². The number of benzene rings is 3. The van der Waals surface area contributed by atoms with E-state index in [1.165, 1.54) is 0 Å². The van der Waals surface area contributed by atoms with Crippen molar-refractivity contribution in [2.75, 3.05) is 0 Å². The first kappa shape index (κ1) is 22.6. The summed E-state index contributed by atoms with van der Waals surface area (Å²) >= 11 is 4.11. The van der Waals surface area contributed by atoms with Crippen LogP contribution in [0.1, 0.15) is 16.7 Å². The van der Waals surface area contributed by atoms with Crippen LogP contribution in [0.5, 0.6) is 23.0 Å². The van der Waals surface area contributed by atoms with Crippen LogP contribution in [0.3, 0.4) is 0 Å². The van der Waals surface area contributed by atoms with Crippen LogP contribution < -0.4 is 10.5 Å². The summed E-state index contributed by atoms with van der Waals surface area (Å²) in [5, 5.41) is 28.9. The summed E-state index contributed by atoms with van der Waals surface area (Å²) in [5.41, 5.74) is 8.40. The smallest absolute Gasteiger partial charge is 0.320 e. The Labute approximate surface area is 201 Å². The Morgan fingerprint density at radius 2 is 1.57 bits per heavy atom. The number of carbonyl (C=O) groups is 1. The van der Waals surface area contributed by atoms with Gasteiger partial charge in [-0.1, -0.05) is 12.1 Å². The van der Waals surface area contributed by atoms with Crippen molar-refractivity contribution < 1.29 is 24.9 Å². The van der Waals surface area contributed by atoms with Gasteiger partial charge in [0.1, 0.15) is 29.0 Å². The minimum atomic E-state index is -1.06. The van der Waals surface area contributed by atoms with Gasteiger partial charge in [-0.2, -0.15) is 0 Å². The molecule has 0 bridgehead atoms. The van der Waals surface area contributed by atoms with Crippen LogP contribution in [-0.2, 0) is 17.6 Å². The number of phenols is 2. The fourth-order valence-electron chi connectivity index (χ4n) is 2.92. The molecule has 0 aromatic heterocycles. The number of ether oxygens (including phenoxy) is 1. The largest absolute Gasteiger partial charge is 0.508 e. The highest BCUT2D eigenvalue weighted by atomic mass is 127. The van der Waals surface area contributed by atoms with E-state index in [4.69, 9.17) is 10.5 Å². The van der Waals surface area contributed by atoms with E-state index in [0.29, 0.717) is 25.1 Å². The van der Waals surface area contributed by atoms with Gasteiger partial charge >= 0.3 is 5.97 Å². The van der Waals surface area contributed by atoms with Gasteiger partial charge < -0.3 is 25.8 Å². The summed E-state index contributed by atoms with van der Waals surface area (Å²) in [5.74, 6) is 0.563. The van der Waals surface area contributed by atoms with Crippen molar-refractivity contribution in [2.24, 2.45) is 5.73 Å². The van der Waals surface area contributed by atoms with Crippen LogP contribution in [0.25, 0.3) is 0 Å². The van der Waals surface area contributed by atoms with E-state index >= 15 is 0 Å². The maximum Gasteiger partial charge on any atom is 0.320 e. The van der Waals surface area contributed by atoms with Crippen molar-refractivity contribution in [3.05, 3.63) is 78.4 Å². The van der Waals surface area contributed by atoms with Gasteiger partial charge in [0.25, 0.3) is 0 Å². The average molecular weight is 631 g/mol. The molecule has 0 saturated heterocycles. The topological polar surface area (TPSA) is 113 Å². The molecule has 3 rings (SSSR count). The zero-order chi connectivity index (χ0) is 21.8. The molecule has 0 aliphatic rings. The third-order valence-electron chi connectivity index (χ3n) is 4.52. The number of halogens is 2. The van der Waals surface area contributed by atoms with E-state index < -0.39 is 12.0 Å². The Kier molecular flexibility index (Phi) is 7.42. The Morgan fingerprint density at radius 3 is 2.13 bits per heavy atom. The van der Waals surface area contributed by atoms with Crippen molar-refractivity contribution >= 4 is 51.2 Å². The molecule has 0 saturated carbocycles. The number of aromatic hydroxyl groups is 2. The summed E-state index contributed by atoms with van der Waals surface area (Å²) in [7, 11) is 0. The van der Waals surface area contributed by atoms with E-state index in [0.717, 1.165) is 16.7 Å². The fourth-order valence-corrected chi connectivity index (χ4v) is 4.91. The molecule has 0 radical (unpaired) electrons. The van der Waals surface area contributed by atoms with Crippen LogP contribution in [-0.4, -0.2) is 27.3 Å². The molecule has 0 amide bonds. The molecule has 30 heavy (non-hydrogen) atoms. The first-order chi connectivity index (χ1) is 14.2. The zero-order valence-corrected chi connectivity index (χ0v) is 20.0. The quantitative estimate of drug-likeness (QED) is 0.283. The summed E-state index contributed by atoms with van der Waals surface area (Å²) in [6, 6.07) is 14.8. The number of hydrogen-bond donors (Lipinski definition) is 4. The van der Waals surface area contributed by atoms with Gasteiger partial charge in [0.2, 0.25) is 0 Å². The number of nitrogens with two attached hydrogens (primary N) is 1. The normalized spacial score (nSPS) is 11.8. The fraction of sp³-hybridized carbons (Fsp3) is 0.136. The maximum absolute atomic E-state index is 11.2.